The predicted molar refractivity (Wildman–Crippen MR) is 77.1 cm³/mol. The molecule has 0 aliphatic heterocycles. The Hall–Kier alpha value is -1.14. The Morgan fingerprint density at radius 3 is 2.63 bits per heavy atom. The van der Waals surface area contributed by atoms with Gasteiger partial charge in [0.2, 0.25) is 0 Å². The largest absolute Gasteiger partial charge is 0.465 e. The van der Waals surface area contributed by atoms with Gasteiger partial charge in [-0.3, -0.25) is 0 Å². The zero-order chi connectivity index (χ0) is 14.6. The molecular formula is C13H15BrO4S. The van der Waals surface area contributed by atoms with E-state index in [-0.39, 0.29) is 16.2 Å². The van der Waals surface area contributed by atoms with Crippen LogP contribution in [0.1, 0.15) is 22.3 Å². The maximum absolute atomic E-state index is 12.2. The molecule has 19 heavy (non-hydrogen) atoms. The number of methoxy groups -OCH3 is 1. The Morgan fingerprint density at radius 2 is 2.11 bits per heavy atom. The number of sulfone groups is 1. The molecule has 0 atom stereocenters. The number of hydrogen-bond donors (Lipinski definition) is 0. The van der Waals surface area contributed by atoms with E-state index < -0.39 is 15.8 Å². The zero-order valence-electron chi connectivity index (χ0n) is 10.8. The number of carbonyl (C=O) groups excluding carboxylic acids is 1. The van der Waals surface area contributed by atoms with Crippen LogP contribution in [-0.2, 0) is 14.6 Å². The van der Waals surface area contributed by atoms with Crippen LogP contribution in [0.5, 0.6) is 0 Å². The average Bonchev–Trinajstić information content (AvgIpc) is 2.35. The summed E-state index contributed by atoms with van der Waals surface area (Å²) in [7, 11) is -2.20. The van der Waals surface area contributed by atoms with E-state index in [1.807, 2.05) is 0 Å². The minimum atomic E-state index is -3.46. The first-order chi connectivity index (χ1) is 8.83. The summed E-state index contributed by atoms with van der Waals surface area (Å²) < 4.78 is 29.4. The molecule has 0 heterocycles. The summed E-state index contributed by atoms with van der Waals surface area (Å²) in [5, 5.41) is 0. The first-order valence-corrected chi connectivity index (χ1v) is 8.00. The van der Waals surface area contributed by atoms with Crippen LogP contribution >= 0.6 is 15.9 Å². The van der Waals surface area contributed by atoms with Gasteiger partial charge in [-0.2, -0.15) is 0 Å². The van der Waals surface area contributed by atoms with Gasteiger partial charge in [-0.25, -0.2) is 13.2 Å². The summed E-state index contributed by atoms with van der Waals surface area (Å²) in [6, 6.07) is 2.96. The Balaban J connectivity index is 3.36. The first kappa shape index (κ1) is 15.9. The van der Waals surface area contributed by atoms with E-state index in [2.05, 4.69) is 27.2 Å². The van der Waals surface area contributed by atoms with E-state index in [1.165, 1.54) is 13.2 Å². The van der Waals surface area contributed by atoms with E-state index in [4.69, 9.17) is 0 Å². The van der Waals surface area contributed by atoms with Gasteiger partial charge in [0.1, 0.15) is 0 Å². The Labute approximate surface area is 121 Å². The van der Waals surface area contributed by atoms with E-state index in [0.29, 0.717) is 16.5 Å². The van der Waals surface area contributed by atoms with E-state index >= 15 is 0 Å². The molecule has 0 aliphatic carbocycles. The van der Waals surface area contributed by atoms with Gasteiger partial charge in [0.05, 0.1) is 23.3 Å². The first-order valence-electron chi connectivity index (χ1n) is 5.55. The van der Waals surface area contributed by atoms with Gasteiger partial charge < -0.3 is 4.74 Å². The molecule has 1 aromatic carbocycles. The third kappa shape index (κ3) is 3.67. The zero-order valence-corrected chi connectivity index (χ0v) is 13.2. The number of esters is 1. The van der Waals surface area contributed by atoms with Gasteiger partial charge >= 0.3 is 5.97 Å². The molecule has 0 aliphatic rings. The van der Waals surface area contributed by atoms with Crippen LogP contribution in [0.25, 0.3) is 0 Å². The summed E-state index contributed by atoms with van der Waals surface area (Å²) in [5.41, 5.74) is 0.907. The van der Waals surface area contributed by atoms with Gasteiger partial charge in [0.15, 0.2) is 9.84 Å². The van der Waals surface area contributed by atoms with Crippen LogP contribution < -0.4 is 0 Å². The molecule has 0 saturated carbocycles. The topological polar surface area (TPSA) is 60.4 Å². The normalized spacial score (nSPS) is 11.1. The molecule has 104 valence electrons. The molecule has 6 heteroatoms. The minimum absolute atomic E-state index is 0.0429. The lowest BCUT2D eigenvalue weighted by Crippen LogP contribution is -2.11. The number of rotatable bonds is 5. The number of carbonyl (C=O) groups is 1. The predicted octanol–water partition coefficient (Wildman–Crippen LogP) is 2.89. The lowest BCUT2D eigenvalue weighted by Gasteiger charge is -2.10. The fourth-order valence-corrected chi connectivity index (χ4v) is 4.12. The standard InChI is InChI=1S/C13H15BrO4S/c1-4-5-6-19(16,17)12-8-10(13(15)18-3)9(2)7-11(12)14/h4,7-8H,1,5-6H2,2-3H3. The van der Waals surface area contributed by atoms with Crippen molar-refractivity contribution >= 4 is 31.7 Å². The average molecular weight is 347 g/mol. The Kier molecular flexibility index (Phi) is 5.31. The maximum atomic E-state index is 12.2. The lowest BCUT2D eigenvalue weighted by atomic mass is 10.1. The van der Waals surface area contributed by atoms with Crippen LogP contribution in [-0.4, -0.2) is 27.2 Å². The quantitative estimate of drug-likeness (QED) is 0.607. The number of benzene rings is 1. The number of ether oxygens (including phenoxy) is 1. The van der Waals surface area contributed by atoms with Gasteiger partial charge in [-0.15, -0.1) is 6.58 Å². The second kappa shape index (κ2) is 6.34. The van der Waals surface area contributed by atoms with Crippen molar-refractivity contribution < 1.29 is 17.9 Å². The van der Waals surface area contributed by atoms with Crippen LogP contribution in [0.15, 0.2) is 34.2 Å². The second-order valence-corrected chi connectivity index (χ2v) is 6.92. The van der Waals surface area contributed by atoms with Crippen LogP contribution in [0.3, 0.4) is 0 Å². The smallest absolute Gasteiger partial charge is 0.338 e. The van der Waals surface area contributed by atoms with Gasteiger partial charge in [0.25, 0.3) is 0 Å². The van der Waals surface area contributed by atoms with Crippen LogP contribution in [0, 0.1) is 6.92 Å². The van der Waals surface area contributed by atoms with Crippen LogP contribution in [0.4, 0.5) is 0 Å². The third-order valence-corrected chi connectivity index (χ3v) is 5.31. The highest BCUT2D eigenvalue weighted by atomic mass is 79.9. The van der Waals surface area contributed by atoms with Crippen molar-refractivity contribution in [1.82, 2.24) is 0 Å². The molecule has 1 rings (SSSR count). The molecule has 0 saturated heterocycles. The molecule has 0 unspecified atom stereocenters. The van der Waals surface area contributed by atoms with Gasteiger partial charge in [0, 0.05) is 4.47 Å². The monoisotopic (exact) mass is 346 g/mol. The molecule has 0 spiro atoms. The Morgan fingerprint density at radius 1 is 1.47 bits per heavy atom. The highest BCUT2D eigenvalue weighted by Gasteiger charge is 2.21. The fourth-order valence-electron chi connectivity index (χ4n) is 1.57. The molecule has 4 nitrogen and oxygen atoms in total. The van der Waals surface area contributed by atoms with Crippen molar-refractivity contribution in [3.05, 3.63) is 40.4 Å². The van der Waals surface area contributed by atoms with Crippen molar-refractivity contribution in [3.8, 4) is 0 Å². The van der Waals surface area contributed by atoms with E-state index in [0.717, 1.165) is 0 Å². The summed E-state index contributed by atoms with van der Waals surface area (Å²) >= 11 is 3.22. The van der Waals surface area contributed by atoms with Crippen molar-refractivity contribution in [3.63, 3.8) is 0 Å². The molecule has 1 aromatic rings. The van der Waals surface area contributed by atoms with Crippen molar-refractivity contribution in [2.45, 2.75) is 18.2 Å². The molecule has 0 fully saturated rings. The summed E-state index contributed by atoms with van der Waals surface area (Å²) in [6.45, 7) is 5.22. The van der Waals surface area contributed by atoms with Crippen molar-refractivity contribution in [2.75, 3.05) is 12.9 Å². The van der Waals surface area contributed by atoms with E-state index in [1.54, 1.807) is 19.1 Å². The van der Waals surface area contributed by atoms with Crippen molar-refractivity contribution in [2.24, 2.45) is 0 Å². The number of hydrogen-bond acceptors (Lipinski definition) is 4. The number of halogens is 1. The second-order valence-electron chi connectivity index (χ2n) is 3.99. The Bertz CT molecular complexity index is 605. The molecule has 0 amide bonds. The number of allylic oxidation sites excluding steroid dienone is 1. The van der Waals surface area contributed by atoms with Crippen LogP contribution in [0.2, 0.25) is 0 Å². The summed E-state index contributed by atoms with van der Waals surface area (Å²) in [6.07, 6.45) is 1.90. The maximum Gasteiger partial charge on any atom is 0.338 e. The molecule has 0 radical (unpaired) electrons. The molecule has 0 aromatic heterocycles. The summed E-state index contributed by atoms with van der Waals surface area (Å²) in [4.78, 5) is 11.7. The van der Waals surface area contributed by atoms with Gasteiger partial charge in [-0.1, -0.05) is 6.08 Å². The SMILES string of the molecule is C=CCCS(=O)(=O)c1cc(C(=O)OC)c(C)cc1Br. The highest BCUT2D eigenvalue weighted by Crippen LogP contribution is 2.27. The minimum Gasteiger partial charge on any atom is -0.465 e. The molecule has 0 N–H and O–H groups in total. The molecule has 0 bridgehead atoms. The van der Waals surface area contributed by atoms with Crippen molar-refractivity contribution in [1.29, 1.82) is 0 Å². The summed E-state index contributed by atoms with van der Waals surface area (Å²) in [5.74, 6) is -0.594. The third-order valence-electron chi connectivity index (χ3n) is 2.61. The van der Waals surface area contributed by atoms with E-state index in [9.17, 15) is 13.2 Å². The fraction of sp³-hybridized carbons (Fsp3) is 0.308. The lowest BCUT2D eigenvalue weighted by molar-refractivity contribution is 0.0599. The highest BCUT2D eigenvalue weighted by molar-refractivity contribution is 9.10. The van der Waals surface area contributed by atoms with Gasteiger partial charge in [-0.05, 0) is 47.0 Å². The molecular weight excluding hydrogens is 332 g/mol. The number of aryl methyl sites for hydroxylation is 1.